The number of fused-ring (bicyclic) bond motifs is 1. The summed E-state index contributed by atoms with van der Waals surface area (Å²) in [6.45, 7) is 0. The summed E-state index contributed by atoms with van der Waals surface area (Å²) in [6, 6.07) is 28.7. The highest BCUT2D eigenvalue weighted by Gasteiger charge is 2.17. The fourth-order valence-electron chi connectivity index (χ4n) is 3.71. The minimum absolute atomic E-state index is 0.0856. The smallest absolute Gasteiger partial charge is 0.250 e. The van der Waals surface area contributed by atoms with Crippen molar-refractivity contribution in [1.82, 2.24) is 20.2 Å². The predicted molar refractivity (Wildman–Crippen MR) is 147 cm³/mol. The number of benzene rings is 4. The molecule has 1 aromatic heterocycles. The molecule has 0 saturated carbocycles. The molecule has 0 fully saturated rings. The summed E-state index contributed by atoms with van der Waals surface area (Å²) < 4.78 is 2.89. The minimum atomic E-state index is -0.303. The van der Waals surface area contributed by atoms with Crippen molar-refractivity contribution < 1.29 is 9.90 Å². The summed E-state index contributed by atoms with van der Waals surface area (Å²) in [5, 5.41) is 25.5. The van der Waals surface area contributed by atoms with Gasteiger partial charge in [-0.2, -0.15) is 5.10 Å². The molecule has 4 aromatic carbocycles. The summed E-state index contributed by atoms with van der Waals surface area (Å²) in [5.41, 5.74) is 4.88. The number of rotatable bonds is 7. The maximum atomic E-state index is 12.6. The van der Waals surface area contributed by atoms with Crippen LogP contribution in [0.1, 0.15) is 5.56 Å². The van der Waals surface area contributed by atoms with Crippen molar-refractivity contribution >= 4 is 50.6 Å². The molecule has 0 aliphatic carbocycles. The Bertz CT molecular complexity index is 1550. The molecule has 0 saturated heterocycles. The Kier molecular flexibility index (Phi) is 7.11. The average molecular weight is 558 g/mol. The van der Waals surface area contributed by atoms with E-state index in [4.69, 9.17) is 0 Å². The molecule has 5 aromatic rings. The average Bonchev–Trinajstić information content (AvgIpc) is 3.33. The molecule has 0 aliphatic rings. The fraction of sp³-hybridized carbons (Fsp3) is 0.0370. The van der Waals surface area contributed by atoms with Crippen LogP contribution in [0.25, 0.3) is 27.8 Å². The number of phenolic OH excluding ortho intramolecular Hbond substituents is 1. The van der Waals surface area contributed by atoms with Crippen molar-refractivity contribution in [3.8, 4) is 22.8 Å². The van der Waals surface area contributed by atoms with Gasteiger partial charge < -0.3 is 5.11 Å². The largest absolute Gasteiger partial charge is 0.507 e. The highest BCUT2D eigenvalue weighted by molar-refractivity contribution is 9.10. The Balaban J connectivity index is 1.33. The third-order valence-corrected chi connectivity index (χ3v) is 6.87. The number of hydrazone groups is 1. The molecular formula is C27H20BrN5O2S. The third-order valence-electron chi connectivity index (χ3n) is 5.41. The number of carbonyl (C=O) groups excluding carboxylic acids is 1. The topological polar surface area (TPSA) is 92.4 Å². The fourth-order valence-corrected chi connectivity index (χ4v) is 4.72. The highest BCUT2D eigenvalue weighted by Crippen LogP contribution is 2.29. The summed E-state index contributed by atoms with van der Waals surface area (Å²) >= 11 is 4.74. The van der Waals surface area contributed by atoms with Crippen molar-refractivity contribution in [2.75, 3.05) is 5.75 Å². The predicted octanol–water partition coefficient (Wildman–Crippen LogP) is 5.80. The van der Waals surface area contributed by atoms with E-state index in [9.17, 15) is 9.90 Å². The van der Waals surface area contributed by atoms with Gasteiger partial charge in [-0.15, -0.1) is 10.2 Å². The molecule has 0 radical (unpaired) electrons. The summed E-state index contributed by atoms with van der Waals surface area (Å²) in [7, 11) is 0. The lowest BCUT2D eigenvalue weighted by Gasteiger charge is -2.10. The number of thioether (sulfide) groups is 1. The van der Waals surface area contributed by atoms with Crippen molar-refractivity contribution in [3.05, 3.63) is 101 Å². The quantitative estimate of drug-likeness (QED) is 0.150. The molecule has 36 heavy (non-hydrogen) atoms. The zero-order valence-corrected chi connectivity index (χ0v) is 21.3. The van der Waals surface area contributed by atoms with Gasteiger partial charge in [0.1, 0.15) is 5.75 Å². The van der Waals surface area contributed by atoms with Gasteiger partial charge in [-0.3, -0.25) is 9.36 Å². The van der Waals surface area contributed by atoms with Crippen LogP contribution in [0.4, 0.5) is 0 Å². The first kappa shape index (κ1) is 23.8. The Morgan fingerprint density at radius 1 is 0.972 bits per heavy atom. The normalized spacial score (nSPS) is 11.2. The van der Waals surface area contributed by atoms with Gasteiger partial charge in [-0.1, -0.05) is 88.4 Å². The first-order chi connectivity index (χ1) is 17.6. The molecule has 0 unspecified atom stereocenters. The summed E-state index contributed by atoms with van der Waals surface area (Å²) in [6.07, 6.45) is 1.46. The zero-order valence-electron chi connectivity index (χ0n) is 18.9. The van der Waals surface area contributed by atoms with Crippen LogP contribution in [-0.4, -0.2) is 37.7 Å². The Morgan fingerprint density at radius 2 is 1.72 bits per heavy atom. The minimum Gasteiger partial charge on any atom is -0.507 e. The second-order valence-electron chi connectivity index (χ2n) is 7.79. The number of nitrogens with zero attached hydrogens (tertiary/aromatic N) is 4. The number of carbonyl (C=O) groups is 1. The lowest BCUT2D eigenvalue weighted by Crippen LogP contribution is -2.20. The van der Waals surface area contributed by atoms with Gasteiger partial charge >= 0.3 is 0 Å². The van der Waals surface area contributed by atoms with Gasteiger partial charge in [-0.05, 0) is 41.1 Å². The van der Waals surface area contributed by atoms with Crippen molar-refractivity contribution in [3.63, 3.8) is 0 Å². The Hall–Kier alpha value is -3.95. The van der Waals surface area contributed by atoms with E-state index in [0.29, 0.717) is 16.5 Å². The lowest BCUT2D eigenvalue weighted by molar-refractivity contribution is -0.118. The van der Waals surface area contributed by atoms with Crippen LogP contribution in [0.5, 0.6) is 5.75 Å². The molecule has 9 heteroatoms. The number of aromatic nitrogens is 3. The van der Waals surface area contributed by atoms with Crippen molar-refractivity contribution in [2.45, 2.75) is 5.16 Å². The SMILES string of the molecule is O=C(CSc1nnc(-c2ccccc2)n1-c1ccc(Br)cc1)NN=Cc1c(O)ccc2ccccc12. The highest BCUT2D eigenvalue weighted by atomic mass is 79.9. The van der Waals surface area contributed by atoms with Gasteiger partial charge in [0.25, 0.3) is 5.91 Å². The van der Waals surface area contributed by atoms with E-state index < -0.39 is 0 Å². The van der Waals surface area contributed by atoms with Crippen molar-refractivity contribution in [2.24, 2.45) is 5.10 Å². The number of amides is 1. The Labute approximate surface area is 220 Å². The zero-order chi connectivity index (χ0) is 24.9. The number of aromatic hydroxyl groups is 1. The van der Waals surface area contributed by atoms with Crippen LogP contribution in [0.15, 0.2) is 106 Å². The first-order valence-electron chi connectivity index (χ1n) is 11.0. The van der Waals surface area contributed by atoms with E-state index in [1.807, 2.05) is 89.5 Å². The van der Waals surface area contributed by atoms with Crippen LogP contribution in [0, 0.1) is 0 Å². The van der Waals surface area contributed by atoms with Crippen LogP contribution < -0.4 is 5.43 Å². The molecule has 0 atom stereocenters. The number of hydrogen-bond donors (Lipinski definition) is 2. The molecular weight excluding hydrogens is 538 g/mol. The van der Waals surface area contributed by atoms with E-state index in [1.54, 1.807) is 6.07 Å². The molecule has 7 nitrogen and oxygen atoms in total. The monoisotopic (exact) mass is 557 g/mol. The van der Waals surface area contributed by atoms with E-state index >= 15 is 0 Å². The number of hydrogen-bond acceptors (Lipinski definition) is 6. The Morgan fingerprint density at radius 3 is 2.53 bits per heavy atom. The van der Waals surface area contributed by atoms with Crippen LogP contribution >= 0.6 is 27.7 Å². The second kappa shape index (κ2) is 10.8. The van der Waals surface area contributed by atoms with Gasteiger partial charge in [0.05, 0.1) is 12.0 Å². The van der Waals surface area contributed by atoms with Crippen LogP contribution in [0.2, 0.25) is 0 Å². The van der Waals surface area contributed by atoms with Crippen LogP contribution in [-0.2, 0) is 4.79 Å². The number of nitrogens with one attached hydrogen (secondary N) is 1. The standard InChI is InChI=1S/C27H20BrN5O2S/c28-20-11-13-21(14-12-20)33-26(19-7-2-1-3-8-19)31-32-27(33)36-17-25(35)30-29-16-23-22-9-5-4-6-18(22)10-15-24(23)34/h1-16,34H,17H2,(H,30,35). The summed E-state index contributed by atoms with van der Waals surface area (Å²) in [5.74, 6) is 0.562. The third kappa shape index (κ3) is 5.17. The molecule has 0 bridgehead atoms. The molecule has 178 valence electrons. The molecule has 0 aliphatic heterocycles. The van der Waals surface area contributed by atoms with E-state index in [0.717, 1.165) is 26.5 Å². The lowest BCUT2D eigenvalue weighted by atomic mass is 10.0. The first-order valence-corrected chi connectivity index (χ1v) is 12.8. The van der Waals surface area contributed by atoms with E-state index in [2.05, 4.69) is 36.7 Å². The number of phenols is 1. The number of halogens is 1. The van der Waals surface area contributed by atoms with Gasteiger partial charge in [0, 0.05) is 21.3 Å². The van der Waals surface area contributed by atoms with E-state index in [-0.39, 0.29) is 17.4 Å². The van der Waals surface area contributed by atoms with Crippen molar-refractivity contribution in [1.29, 1.82) is 0 Å². The van der Waals surface area contributed by atoms with Gasteiger partial charge in [-0.25, -0.2) is 5.43 Å². The molecule has 5 rings (SSSR count). The van der Waals surface area contributed by atoms with Crippen LogP contribution in [0.3, 0.4) is 0 Å². The molecule has 1 amide bonds. The van der Waals surface area contributed by atoms with Gasteiger partial charge in [0.2, 0.25) is 0 Å². The maximum Gasteiger partial charge on any atom is 0.250 e. The summed E-state index contributed by atoms with van der Waals surface area (Å²) in [4.78, 5) is 12.6. The molecule has 2 N–H and O–H groups in total. The van der Waals surface area contributed by atoms with E-state index in [1.165, 1.54) is 18.0 Å². The maximum absolute atomic E-state index is 12.6. The van der Waals surface area contributed by atoms with Gasteiger partial charge in [0.15, 0.2) is 11.0 Å². The second-order valence-corrected chi connectivity index (χ2v) is 9.64. The molecule has 1 heterocycles. The molecule has 0 spiro atoms.